The summed E-state index contributed by atoms with van der Waals surface area (Å²) in [5.74, 6) is -0.0318. The summed E-state index contributed by atoms with van der Waals surface area (Å²) in [5, 5.41) is 2.85. The second-order valence-corrected chi connectivity index (χ2v) is 3.79. The molecule has 1 aliphatic heterocycles. The molecule has 1 N–H and O–H groups in total. The normalized spacial score (nSPS) is 13.5. The molecule has 1 heterocycles. The molecule has 1 aromatic rings. The summed E-state index contributed by atoms with van der Waals surface area (Å²) in [6.45, 7) is 3.57. The van der Waals surface area contributed by atoms with Crippen LogP contribution in [0.2, 0.25) is 0 Å². The highest BCUT2D eigenvalue weighted by atomic mass is 16.1. The van der Waals surface area contributed by atoms with Crippen LogP contribution in [0.5, 0.6) is 0 Å². The number of carbonyl (C=O) groups is 1. The Morgan fingerprint density at radius 2 is 2.27 bits per heavy atom. The lowest BCUT2D eigenvalue weighted by Gasteiger charge is -2.16. The summed E-state index contributed by atoms with van der Waals surface area (Å²) >= 11 is 0. The molecule has 0 saturated carbocycles. The number of anilines is 1. The Bertz CT molecular complexity index is 435. The molecular weight excluding hydrogens is 188 g/mol. The molecule has 1 aliphatic rings. The van der Waals surface area contributed by atoms with Crippen LogP contribution in [0.15, 0.2) is 17.1 Å². The molecule has 0 aromatic heterocycles. The van der Waals surface area contributed by atoms with Gasteiger partial charge in [0.25, 0.3) is 0 Å². The molecule has 3 heteroatoms. The van der Waals surface area contributed by atoms with E-state index in [1.165, 1.54) is 6.92 Å². The average Bonchev–Trinajstić information content (AvgIpc) is 2.22. The maximum Gasteiger partial charge on any atom is 0.221 e. The largest absolute Gasteiger partial charge is 0.326 e. The van der Waals surface area contributed by atoms with Gasteiger partial charge >= 0.3 is 0 Å². The lowest BCUT2D eigenvalue weighted by atomic mass is 9.99. The highest BCUT2D eigenvalue weighted by Gasteiger charge is 2.13. The SMILES string of the molecule is CC(=O)Nc1ccc(C)c2c1CCC=N2. The van der Waals surface area contributed by atoms with Crippen molar-refractivity contribution in [2.45, 2.75) is 26.7 Å². The minimum Gasteiger partial charge on any atom is -0.326 e. The quantitative estimate of drug-likeness (QED) is 0.747. The fourth-order valence-electron chi connectivity index (χ4n) is 1.86. The van der Waals surface area contributed by atoms with Gasteiger partial charge in [0.1, 0.15) is 0 Å². The molecule has 0 aliphatic carbocycles. The molecule has 0 bridgehead atoms. The first-order valence-corrected chi connectivity index (χ1v) is 5.11. The molecule has 0 unspecified atom stereocenters. The van der Waals surface area contributed by atoms with Gasteiger partial charge < -0.3 is 5.32 Å². The van der Waals surface area contributed by atoms with E-state index in [0.29, 0.717) is 0 Å². The van der Waals surface area contributed by atoms with Crippen molar-refractivity contribution in [3.05, 3.63) is 23.3 Å². The van der Waals surface area contributed by atoms with Crippen LogP contribution >= 0.6 is 0 Å². The molecule has 2 rings (SSSR count). The van der Waals surface area contributed by atoms with Gasteiger partial charge in [-0.1, -0.05) is 6.07 Å². The maximum atomic E-state index is 11.0. The van der Waals surface area contributed by atoms with Gasteiger partial charge in [-0.25, -0.2) is 0 Å². The summed E-state index contributed by atoms with van der Waals surface area (Å²) in [4.78, 5) is 15.4. The summed E-state index contributed by atoms with van der Waals surface area (Å²) < 4.78 is 0. The number of carbonyl (C=O) groups excluding carboxylic acids is 1. The molecule has 3 nitrogen and oxygen atoms in total. The fraction of sp³-hybridized carbons (Fsp3) is 0.333. The zero-order chi connectivity index (χ0) is 10.8. The molecule has 0 fully saturated rings. The smallest absolute Gasteiger partial charge is 0.221 e. The molecule has 78 valence electrons. The van der Waals surface area contributed by atoms with Gasteiger partial charge in [0.15, 0.2) is 0 Å². The molecule has 0 spiro atoms. The van der Waals surface area contributed by atoms with Gasteiger partial charge in [-0.2, -0.15) is 0 Å². The van der Waals surface area contributed by atoms with E-state index in [1.54, 1.807) is 0 Å². The van der Waals surface area contributed by atoms with Crippen LogP contribution in [0, 0.1) is 6.92 Å². The van der Waals surface area contributed by atoms with Gasteiger partial charge in [-0.3, -0.25) is 9.79 Å². The number of hydrogen-bond donors (Lipinski definition) is 1. The van der Waals surface area contributed by atoms with Gasteiger partial charge in [-0.15, -0.1) is 0 Å². The summed E-state index contributed by atoms with van der Waals surface area (Å²) in [6.07, 6.45) is 3.84. The van der Waals surface area contributed by atoms with E-state index in [2.05, 4.69) is 10.3 Å². The summed E-state index contributed by atoms with van der Waals surface area (Å²) in [7, 11) is 0. The van der Waals surface area contributed by atoms with E-state index in [0.717, 1.165) is 35.3 Å². The number of hydrogen-bond acceptors (Lipinski definition) is 2. The zero-order valence-electron chi connectivity index (χ0n) is 9.00. The van der Waals surface area contributed by atoms with Crippen LogP contribution in [-0.2, 0) is 11.2 Å². The minimum absolute atomic E-state index is 0.0318. The van der Waals surface area contributed by atoms with E-state index in [9.17, 15) is 4.79 Å². The van der Waals surface area contributed by atoms with Crippen LogP contribution < -0.4 is 5.32 Å². The van der Waals surface area contributed by atoms with Crippen molar-refractivity contribution in [1.29, 1.82) is 0 Å². The van der Waals surface area contributed by atoms with E-state index in [1.807, 2.05) is 25.3 Å². The van der Waals surface area contributed by atoms with Crippen molar-refractivity contribution in [1.82, 2.24) is 0 Å². The highest BCUT2D eigenvalue weighted by molar-refractivity contribution is 5.91. The number of benzene rings is 1. The van der Waals surface area contributed by atoms with Crippen LogP contribution in [0.25, 0.3) is 0 Å². The fourth-order valence-corrected chi connectivity index (χ4v) is 1.86. The van der Waals surface area contributed by atoms with Gasteiger partial charge in [0.05, 0.1) is 5.69 Å². The second-order valence-electron chi connectivity index (χ2n) is 3.79. The number of nitrogens with zero attached hydrogens (tertiary/aromatic N) is 1. The first kappa shape index (κ1) is 9.90. The van der Waals surface area contributed by atoms with Crippen LogP contribution in [-0.4, -0.2) is 12.1 Å². The number of aryl methyl sites for hydroxylation is 1. The first-order valence-electron chi connectivity index (χ1n) is 5.11. The Kier molecular flexibility index (Phi) is 2.54. The third kappa shape index (κ3) is 1.91. The second kappa shape index (κ2) is 3.85. The van der Waals surface area contributed by atoms with Crippen molar-refractivity contribution < 1.29 is 4.79 Å². The molecule has 0 saturated heterocycles. The molecule has 15 heavy (non-hydrogen) atoms. The van der Waals surface area contributed by atoms with Gasteiger partial charge in [0.2, 0.25) is 5.91 Å². The lowest BCUT2D eigenvalue weighted by molar-refractivity contribution is -0.114. The topological polar surface area (TPSA) is 41.5 Å². The number of nitrogens with one attached hydrogen (secondary N) is 1. The van der Waals surface area contributed by atoms with Gasteiger partial charge in [0, 0.05) is 24.4 Å². The Morgan fingerprint density at radius 3 is 3.00 bits per heavy atom. The molecule has 0 radical (unpaired) electrons. The third-order valence-corrected chi connectivity index (χ3v) is 2.54. The van der Waals surface area contributed by atoms with Crippen LogP contribution in [0.3, 0.4) is 0 Å². The highest BCUT2D eigenvalue weighted by Crippen LogP contribution is 2.33. The number of aliphatic imine (C=N–C) groups is 1. The predicted octanol–water partition coefficient (Wildman–Crippen LogP) is 2.60. The standard InChI is InChI=1S/C12H14N2O/c1-8-5-6-11(14-9(2)15)10-4-3-7-13-12(8)10/h5-7H,3-4H2,1-2H3,(H,14,15). The molecule has 1 amide bonds. The summed E-state index contributed by atoms with van der Waals surface area (Å²) in [6, 6.07) is 3.95. The first-order chi connectivity index (χ1) is 7.18. The number of fused-ring (bicyclic) bond motifs is 1. The summed E-state index contributed by atoms with van der Waals surface area (Å²) in [5.41, 5.74) is 4.25. The van der Waals surface area contributed by atoms with Crippen LogP contribution in [0.1, 0.15) is 24.5 Å². The Morgan fingerprint density at radius 1 is 1.47 bits per heavy atom. The monoisotopic (exact) mass is 202 g/mol. The van der Waals surface area contributed by atoms with Crippen molar-refractivity contribution in [2.24, 2.45) is 4.99 Å². The van der Waals surface area contributed by atoms with Crippen molar-refractivity contribution >= 4 is 23.5 Å². The maximum absolute atomic E-state index is 11.0. The Labute approximate surface area is 89.2 Å². The number of amides is 1. The van der Waals surface area contributed by atoms with Crippen molar-refractivity contribution in [3.8, 4) is 0 Å². The van der Waals surface area contributed by atoms with Gasteiger partial charge in [-0.05, 0) is 31.4 Å². The van der Waals surface area contributed by atoms with E-state index in [-0.39, 0.29) is 5.91 Å². The molecular formula is C12H14N2O. The third-order valence-electron chi connectivity index (χ3n) is 2.54. The van der Waals surface area contributed by atoms with E-state index < -0.39 is 0 Å². The molecule has 0 atom stereocenters. The average molecular weight is 202 g/mol. The lowest BCUT2D eigenvalue weighted by Crippen LogP contribution is -2.09. The van der Waals surface area contributed by atoms with E-state index in [4.69, 9.17) is 0 Å². The number of rotatable bonds is 1. The van der Waals surface area contributed by atoms with E-state index >= 15 is 0 Å². The molecule has 1 aromatic carbocycles. The van der Waals surface area contributed by atoms with Crippen LogP contribution in [0.4, 0.5) is 11.4 Å². The Hall–Kier alpha value is -1.64. The Balaban J connectivity index is 2.49. The predicted molar refractivity (Wildman–Crippen MR) is 62.0 cm³/mol. The van der Waals surface area contributed by atoms with Crippen molar-refractivity contribution in [2.75, 3.05) is 5.32 Å². The zero-order valence-corrected chi connectivity index (χ0v) is 9.00. The minimum atomic E-state index is -0.0318. The van der Waals surface area contributed by atoms with Crippen molar-refractivity contribution in [3.63, 3.8) is 0 Å².